The van der Waals surface area contributed by atoms with Crippen molar-refractivity contribution in [3.05, 3.63) is 34.9 Å². The van der Waals surface area contributed by atoms with Gasteiger partial charge in [-0.3, -0.25) is 14.4 Å². The molecule has 0 aromatic carbocycles. The molecule has 156 valence electrons. The van der Waals surface area contributed by atoms with Crippen molar-refractivity contribution in [3.63, 3.8) is 0 Å². The van der Waals surface area contributed by atoms with Crippen LogP contribution in [-0.4, -0.2) is 57.2 Å². The number of aromatic nitrogens is 4. The van der Waals surface area contributed by atoms with Crippen molar-refractivity contribution in [2.24, 2.45) is 19.1 Å². The average molecular weight is 501 g/mol. The SMILES string of the molecule is CCc1nn(C)c(CC)c1CNC(=NC)N1CCOC(c2cnn(C)c2)C1.I. The molecule has 0 radical (unpaired) electrons. The summed E-state index contributed by atoms with van der Waals surface area (Å²) >= 11 is 0. The number of nitrogens with one attached hydrogen (secondary N) is 1. The van der Waals surface area contributed by atoms with E-state index in [1.807, 2.05) is 42.9 Å². The molecule has 0 amide bonds. The van der Waals surface area contributed by atoms with Gasteiger partial charge in [-0.05, 0) is 12.8 Å². The molecule has 1 fully saturated rings. The lowest BCUT2D eigenvalue weighted by Crippen LogP contribution is -2.48. The first kappa shape index (κ1) is 22.7. The summed E-state index contributed by atoms with van der Waals surface area (Å²) in [6, 6.07) is 0. The maximum atomic E-state index is 5.95. The highest BCUT2D eigenvalue weighted by molar-refractivity contribution is 14.0. The van der Waals surface area contributed by atoms with Crippen LogP contribution in [0.25, 0.3) is 0 Å². The van der Waals surface area contributed by atoms with E-state index in [2.05, 4.69) is 39.3 Å². The zero-order valence-electron chi connectivity index (χ0n) is 17.5. The lowest BCUT2D eigenvalue weighted by atomic mass is 10.1. The molecule has 2 aromatic rings. The molecule has 1 atom stereocenters. The monoisotopic (exact) mass is 501 g/mol. The normalized spacial score (nSPS) is 17.5. The summed E-state index contributed by atoms with van der Waals surface area (Å²) in [6.45, 7) is 7.33. The van der Waals surface area contributed by atoms with Crippen molar-refractivity contribution in [3.8, 4) is 0 Å². The van der Waals surface area contributed by atoms with Crippen molar-refractivity contribution in [1.29, 1.82) is 0 Å². The van der Waals surface area contributed by atoms with Gasteiger partial charge < -0.3 is 15.0 Å². The number of aryl methyl sites for hydroxylation is 3. The van der Waals surface area contributed by atoms with E-state index in [0.717, 1.165) is 49.7 Å². The molecule has 9 heteroatoms. The minimum Gasteiger partial charge on any atom is -0.370 e. The van der Waals surface area contributed by atoms with Gasteiger partial charge in [0.1, 0.15) is 6.10 Å². The van der Waals surface area contributed by atoms with Crippen LogP contribution in [0.1, 0.15) is 42.5 Å². The molecule has 2 aromatic heterocycles. The number of halogens is 1. The molecule has 0 saturated carbocycles. The fraction of sp³-hybridized carbons (Fsp3) is 0.632. The van der Waals surface area contributed by atoms with Crippen LogP contribution in [-0.2, 0) is 38.2 Å². The Morgan fingerprint density at radius 3 is 2.71 bits per heavy atom. The van der Waals surface area contributed by atoms with Crippen LogP contribution < -0.4 is 5.32 Å². The van der Waals surface area contributed by atoms with Crippen molar-refractivity contribution in [1.82, 2.24) is 29.8 Å². The molecule has 1 aliphatic heterocycles. The molecule has 1 saturated heterocycles. The molecule has 0 aliphatic carbocycles. The van der Waals surface area contributed by atoms with E-state index in [1.54, 1.807) is 0 Å². The van der Waals surface area contributed by atoms with Gasteiger partial charge in [-0.1, -0.05) is 13.8 Å². The molecular formula is C19H32IN7O. The summed E-state index contributed by atoms with van der Waals surface area (Å²) in [5.41, 5.74) is 4.84. The van der Waals surface area contributed by atoms with Crippen LogP contribution in [0.3, 0.4) is 0 Å². The Bertz CT molecular complexity index is 798. The van der Waals surface area contributed by atoms with Crippen LogP contribution in [0.15, 0.2) is 17.4 Å². The van der Waals surface area contributed by atoms with E-state index in [0.29, 0.717) is 6.61 Å². The summed E-state index contributed by atoms with van der Waals surface area (Å²) in [5, 5.41) is 12.5. The van der Waals surface area contributed by atoms with Gasteiger partial charge in [0.2, 0.25) is 0 Å². The molecule has 3 heterocycles. The van der Waals surface area contributed by atoms with E-state index >= 15 is 0 Å². The third kappa shape index (κ3) is 4.86. The number of nitrogens with zero attached hydrogens (tertiary/aromatic N) is 6. The molecule has 8 nitrogen and oxygen atoms in total. The molecule has 0 bridgehead atoms. The highest BCUT2D eigenvalue weighted by Gasteiger charge is 2.25. The van der Waals surface area contributed by atoms with E-state index < -0.39 is 0 Å². The number of ether oxygens (including phenoxy) is 1. The number of hydrogen-bond donors (Lipinski definition) is 1. The summed E-state index contributed by atoms with van der Waals surface area (Å²) in [4.78, 5) is 6.76. The van der Waals surface area contributed by atoms with Crippen LogP contribution in [0.4, 0.5) is 0 Å². The minimum absolute atomic E-state index is 0. The molecule has 28 heavy (non-hydrogen) atoms. The second kappa shape index (κ2) is 10.2. The fourth-order valence-corrected chi connectivity index (χ4v) is 3.74. The minimum atomic E-state index is 0. The van der Waals surface area contributed by atoms with Gasteiger partial charge in [0.15, 0.2) is 5.96 Å². The van der Waals surface area contributed by atoms with Crippen LogP contribution in [0, 0.1) is 0 Å². The van der Waals surface area contributed by atoms with Gasteiger partial charge in [-0.2, -0.15) is 10.2 Å². The summed E-state index contributed by atoms with van der Waals surface area (Å²) in [5.74, 6) is 0.903. The maximum absolute atomic E-state index is 5.95. The fourth-order valence-electron chi connectivity index (χ4n) is 3.74. The Hall–Kier alpha value is -1.62. The highest BCUT2D eigenvalue weighted by atomic mass is 127. The highest BCUT2D eigenvalue weighted by Crippen LogP contribution is 2.22. The third-order valence-corrected chi connectivity index (χ3v) is 5.13. The molecule has 3 rings (SSSR count). The first-order valence-electron chi connectivity index (χ1n) is 9.66. The Kier molecular flexibility index (Phi) is 8.29. The van der Waals surface area contributed by atoms with Crippen LogP contribution in [0.2, 0.25) is 0 Å². The smallest absolute Gasteiger partial charge is 0.194 e. The van der Waals surface area contributed by atoms with E-state index in [1.165, 1.54) is 11.3 Å². The average Bonchev–Trinajstić information content (AvgIpc) is 3.25. The second-order valence-corrected chi connectivity index (χ2v) is 6.86. The number of hydrogen-bond acceptors (Lipinski definition) is 4. The Labute approximate surface area is 184 Å². The topological polar surface area (TPSA) is 72.5 Å². The number of morpholine rings is 1. The molecular weight excluding hydrogens is 469 g/mol. The molecule has 1 N–H and O–H groups in total. The molecule has 1 aliphatic rings. The van der Waals surface area contributed by atoms with Crippen molar-refractivity contribution in [2.75, 3.05) is 26.7 Å². The van der Waals surface area contributed by atoms with Gasteiger partial charge in [0, 0.05) is 57.3 Å². The summed E-state index contributed by atoms with van der Waals surface area (Å²) in [7, 11) is 5.79. The van der Waals surface area contributed by atoms with E-state index in [-0.39, 0.29) is 30.1 Å². The van der Waals surface area contributed by atoms with Gasteiger partial charge in [-0.25, -0.2) is 0 Å². The number of rotatable bonds is 5. The Morgan fingerprint density at radius 1 is 1.32 bits per heavy atom. The molecule has 0 spiro atoms. The van der Waals surface area contributed by atoms with Gasteiger partial charge in [0.05, 0.1) is 25.0 Å². The van der Waals surface area contributed by atoms with E-state index in [4.69, 9.17) is 4.74 Å². The summed E-state index contributed by atoms with van der Waals surface area (Å²) in [6.07, 6.45) is 5.81. The number of aliphatic imine (C=N–C) groups is 1. The second-order valence-electron chi connectivity index (χ2n) is 6.86. The quantitative estimate of drug-likeness (QED) is 0.386. The zero-order valence-corrected chi connectivity index (χ0v) is 19.8. The number of guanidine groups is 1. The van der Waals surface area contributed by atoms with Gasteiger partial charge >= 0.3 is 0 Å². The van der Waals surface area contributed by atoms with E-state index in [9.17, 15) is 0 Å². The van der Waals surface area contributed by atoms with Crippen molar-refractivity contribution in [2.45, 2.75) is 39.3 Å². The Morgan fingerprint density at radius 2 is 2.11 bits per heavy atom. The molecule has 1 unspecified atom stereocenters. The largest absolute Gasteiger partial charge is 0.370 e. The predicted molar refractivity (Wildman–Crippen MR) is 121 cm³/mol. The first-order valence-corrected chi connectivity index (χ1v) is 9.66. The zero-order chi connectivity index (χ0) is 19.4. The van der Waals surface area contributed by atoms with Crippen LogP contribution >= 0.6 is 24.0 Å². The maximum Gasteiger partial charge on any atom is 0.194 e. The predicted octanol–water partition coefficient (Wildman–Crippen LogP) is 2.05. The lowest BCUT2D eigenvalue weighted by molar-refractivity contribution is -0.00805. The standard InChI is InChI=1S/C19H31N7O.HI/c1-6-16-15(17(7-2)25(5)23-16)11-21-19(20-3)26-8-9-27-18(13-26)14-10-22-24(4)12-14;/h10,12,18H,6-9,11,13H2,1-5H3,(H,20,21);1H. The summed E-state index contributed by atoms with van der Waals surface area (Å²) < 4.78 is 9.77. The van der Waals surface area contributed by atoms with Crippen molar-refractivity contribution < 1.29 is 4.74 Å². The third-order valence-electron chi connectivity index (χ3n) is 5.13. The van der Waals surface area contributed by atoms with Crippen LogP contribution in [0.5, 0.6) is 0 Å². The first-order chi connectivity index (χ1) is 13.1. The van der Waals surface area contributed by atoms with Gasteiger partial charge in [0.25, 0.3) is 0 Å². The lowest BCUT2D eigenvalue weighted by Gasteiger charge is -2.34. The van der Waals surface area contributed by atoms with Crippen molar-refractivity contribution >= 4 is 29.9 Å². The Balaban J connectivity index is 0.00000280. The van der Waals surface area contributed by atoms with Gasteiger partial charge in [-0.15, -0.1) is 24.0 Å².